The second kappa shape index (κ2) is 9.56. The van der Waals surface area contributed by atoms with E-state index in [1.54, 1.807) is 0 Å². The molecule has 0 bridgehead atoms. The number of halogens is 8. The zero-order valence-corrected chi connectivity index (χ0v) is 18.4. The molecule has 0 aromatic heterocycles. The lowest BCUT2D eigenvalue weighted by Crippen LogP contribution is -2.47. The van der Waals surface area contributed by atoms with Gasteiger partial charge < -0.3 is 20.5 Å². The number of hydrogen-bond donors (Lipinski definition) is 2. The van der Waals surface area contributed by atoms with E-state index in [0.717, 1.165) is 25.1 Å². The van der Waals surface area contributed by atoms with Gasteiger partial charge in [0.15, 0.2) is 17.2 Å². The Bertz CT molecular complexity index is 1190. The number of anilines is 1. The van der Waals surface area contributed by atoms with E-state index in [1.807, 2.05) is 0 Å². The number of rotatable bonds is 6. The van der Waals surface area contributed by atoms with Crippen molar-refractivity contribution in [3.8, 4) is 5.75 Å². The van der Waals surface area contributed by atoms with Crippen LogP contribution in [0.5, 0.6) is 5.75 Å². The van der Waals surface area contributed by atoms with E-state index < -0.39 is 82.5 Å². The van der Waals surface area contributed by atoms with Crippen molar-refractivity contribution in [3.63, 3.8) is 0 Å². The van der Waals surface area contributed by atoms with Crippen LogP contribution < -0.4 is 15.8 Å². The first kappa shape index (κ1) is 27.2. The Morgan fingerprint density at radius 3 is 2.28 bits per heavy atom. The van der Waals surface area contributed by atoms with Gasteiger partial charge in [-0.2, -0.15) is 26.3 Å². The number of hydrogen-bond acceptors (Lipinski definition) is 4. The number of carbonyl (C=O) groups excluding carboxylic acids is 2. The topological polar surface area (TPSA) is 90.6 Å². The molecule has 1 aliphatic heterocycles. The van der Waals surface area contributed by atoms with Crippen LogP contribution in [0.3, 0.4) is 0 Å². The van der Waals surface area contributed by atoms with Crippen molar-refractivity contribution in [2.75, 3.05) is 5.32 Å². The van der Waals surface area contributed by atoms with Gasteiger partial charge in [0.25, 0.3) is 11.8 Å². The third kappa shape index (κ3) is 4.81. The molecule has 4 atom stereocenters. The van der Waals surface area contributed by atoms with Crippen LogP contribution in [-0.2, 0) is 9.53 Å². The molecule has 2 aromatic rings. The number of benzene rings is 2. The van der Waals surface area contributed by atoms with Gasteiger partial charge in [0.1, 0.15) is 11.9 Å². The molecule has 0 saturated carbocycles. The van der Waals surface area contributed by atoms with Crippen LogP contribution in [0, 0.1) is 23.4 Å². The smallest absolute Gasteiger partial charge is 0.417 e. The van der Waals surface area contributed by atoms with Crippen molar-refractivity contribution < 1.29 is 54.2 Å². The Balaban J connectivity index is 2.11. The van der Waals surface area contributed by atoms with Gasteiger partial charge in [-0.3, -0.25) is 9.59 Å². The zero-order valence-electron chi connectivity index (χ0n) is 18.4. The van der Waals surface area contributed by atoms with Gasteiger partial charge in [0, 0.05) is 23.1 Å². The predicted molar refractivity (Wildman–Crippen MR) is 108 cm³/mol. The minimum absolute atomic E-state index is 0.264. The normalized spacial score (nSPS) is 24.1. The standard InChI is InChI=1S/C22H18F8N2O4/c1-8-14(10-4-6-13(24)15(25)16(10)35-20(26)27)17(36-21(8,2)22(28,29)30)19(34)32-9-3-5-12(23)11(7-9)18(31)33/h3-8,14,17,20H,1-2H3,(H2,31,33)(H,32,34)/t8-,14-,17+,21-/m0/s1. The molecule has 0 radical (unpaired) electrons. The zero-order chi connectivity index (χ0) is 27.2. The van der Waals surface area contributed by atoms with Gasteiger partial charge >= 0.3 is 12.8 Å². The number of alkyl halides is 5. The SMILES string of the molecule is C[C@H]1[C@@H](c2ccc(F)c(F)c2OC(F)F)[C@H](C(=O)Nc2ccc(F)c(C(N)=O)c2)O[C@]1(C)C(F)(F)F. The Morgan fingerprint density at radius 2 is 1.72 bits per heavy atom. The van der Waals surface area contributed by atoms with E-state index >= 15 is 0 Å². The summed E-state index contributed by atoms with van der Waals surface area (Å²) >= 11 is 0. The van der Waals surface area contributed by atoms with E-state index in [4.69, 9.17) is 10.5 Å². The second-order valence-corrected chi connectivity index (χ2v) is 8.16. The Hall–Kier alpha value is -3.42. The van der Waals surface area contributed by atoms with Gasteiger partial charge in [0.2, 0.25) is 5.82 Å². The number of amides is 2. The molecule has 36 heavy (non-hydrogen) atoms. The van der Waals surface area contributed by atoms with Crippen molar-refractivity contribution >= 4 is 17.5 Å². The van der Waals surface area contributed by atoms with E-state index in [1.165, 1.54) is 0 Å². The Kier molecular flexibility index (Phi) is 7.22. The van der Waals surface area contributed by atoms with Gasteiger partial charge in [-0.05, 0) is 31.2 Å². The van der Waals surface area contributed by atoms with E-state index in [0.29, 0.717) is 19.1 Å². The van der Waals surface area contributed by atoms with Gasteiger partial charge in [-0.15, -0.1) is 0 Å². The summed E-state index contributed by atoms with van der Waals surface area (Å²) in [5.41, 5.74) is 0.424. The summed E-state index contributed by atoms with van der Waals surface area (Å²) < 4.78 is 119. The molecule has 196 valence electrons. The molecular formula is C22H18F8N2O4. The molecule has 1 saturated heterocycles. The van der Waals surface area contributed by atoms with E-state index in [9.17, 15) is 44.7 Å². The van der Waals surface area contributed by atoms with Crippen LogP contribution >= 0.6 is 0 Å². The molecule has 1 heterocycles. The van der Waals surface area contributed by atoms with Gasteiger partial charge in [-0.25, -0.2) is 8.78 Å². The molecule has 2 amide bonds. The first-order valence-electron chi connectivity index (χ1n) is 10.2. The highest BCUT2D eigenvalue weighted by molar-refractivity contribution is 5.98. The fraction of sp³-hybridized carbons (Fsp3) is 0.364. The number of nitrogens with one attached hydrogen (secondary N) is 1. The molecule has 3 N–H and O–H groups in total. The fourth-order valence-electron chi connectivity index (χ4n) is 4.05. The summed E-state index contributed by atoms with van der Waals surface area (Å²) in [7, 11) is 0. The summed E-state index contributed by atoms with van der Waals surface area (Å²) in [6, 6.07) is 3.74. The Morgan fingerprint density at radius 1 is 1.11 bits per heavy atom. The highest BCUT2D eigenvalue weighted by atomic mass is 19.4. The van der Waals surface area contributed by atoms with Crippen molar-refractivity contribution in [1.29, 1.82) is 0 Å². The third-order valence-electron chi connectivity index (χ3n) is 6.07. The number of nitrogens with two attached hydrogens (primary N) is 1. The third-order valence-corrected chi connectivity index (χ3v) is 6.07. The summed E-state index contributed by atoms with van der Waals surface area (Å²) in [5.74, 6) is -11.9. The largest absolute Gasteiger partial charge is 0.431 e. The summed E-state index contributed by atoms with van der Waals surface area (Å²) in [6.45, 7) is -2.08. The summed E-state index contributed by atoms with van der Waals surface area (Å²) in [4.78, 5) is 24.4. The first-order chi connectivity index (χ1) is 16.6. The average Bonchev–Trinajstić information content (AvgIpc) is 3.04. The summed E-state index contributed by atoms with van der Waals surface area (Å²) in [6.07, 6.45) is -7.18. The van der Waals surface area contributed by atoms with Crippen LogP contribution in [0.2, 0.25) is 0 Å². The van der Waals surface area contributed by atoms with Crippen LogP contribution in [0.15, 0.2) is 30.3 Å². The molecule has 14 heteroatoms. The van der Waals surface area contributed by atoms with Crippen LogP contribution in [0.25, 0.3) is 0 Å². The lowest BCUT2D eigenvalue weighted by atomic mass is 9.77. The number of ether oxygens (including phenoxy) is 2. The quantitative estimate of drug-likeness (QED) is 0.525. The second-order valence-electron chi connectivity index (χ2n) is 8.16. The molecule has 0 unspecified atom stereocenters. The number of primary amides is 1. The van der Waals surface area contributed by atoms with Gasteiger partial charge in [0.05, 0.1) is 5.56 Å². The molecule has 3 rings (SSSR count). The first-order valence-corrected chi connectivity index (χ1v) is 10.2. The Labute approximate surface area is 198 Å². The van der Waals surface area contributed by atoms with Crippen molar-refractivity contribution in [2.24, 2.45) is 11.7 Å². The maximum absolute atomic E-state index is 14.4. The van der Waals surface area contributed by atoms with E-state index in [-0.39, 0.29) is 5.69 Å². The van der Waals surface area contributed by atoms with Gasteiger partial charge in [-0.1, -0.05) is 13.0 Å². The summed E-state index contributed by atoms with van der Waals surface area (Å²) in [5, 5.41) is 2.14. The highest BCUT2D eigenvalue weighted by Gasteiger charge is 2.66. The molecule has 0 aliphatic carbocycles. The molecule has 6 nitrogen and oxygen atoms in total. The predicted octanol–water partition coefficient (Wildman–Crippen LogP) is 4.88. The monoisotopic (exact) mass is 526 g/mol. The van der Waals surface area contributed by atoms with E-state index in [2.05, 4.69) is 10.1 Å². The maximum Gasteiger partial charge on any atom is 0.417 e. The number of carbonyl (C=O) groups is 2. The maximum atomic E-state index is 14.4. The van der Waals surface area contributed by atoms with Crippen molar-refractivity contribution in [2.45, 2.75) is 44.3 Å². The van der Waals surface area contributed by atoms with Crippen LogP contribution in [0.1, 0.15) is 35.7 Å². The fourth-order valence-corrected chi connectivity index (χ4v) is 4.05. The van der Waals surface area contributed by atoms with Crippen molar-refractivity contribution in [1.82, 2.24) is 0 Å². The van der Waals surface area contributed by atoms with Crippen LogP contribution in [-0.4, -0.2) is 36.3 Å². The lowest BCUT2D eigenvalue weighted by Gasteiger charge is -2.32. The van der Waals surface area contributed by atoms with Crippen LogP contribution in [0.4, 0.5) is 40.8 Å². The average molecular weight is 526 g/mol. The lowest BCUT2D eigenvalue weighted by molar-refractivity contribution is -0.272. The van der Waals surface area contributed by atoms with Crippen molar-refractivity contribution in [3.05, 3.63) is 58.9 Å². The minimum atomic E-state index is -5.09. The molecule has 2 aromatic carbocycles. The molecule has 1 aliphatic rings. The minimum Gasteiger partial charge on any atom is -0.431 e. The molecule has 1 fully saturated rings. The molecular weight excluding hydrogens is 508 g/mol. The highest BCUT2D eigenvalue weighted by Crippen LogP contribution is 2.55. The molecule has 0 spiro atoms.